The Hall–Kier alpha value is -1.70. The molecule has 0 bridgehead atoms. The van der Waals surface area contributed by atoms with Crippen molar-refractivity contribution in [3.05, 3.63) is 18.5 Å². The second-order valence-electron chi connectivity index (χ2n) is 6.28. The average Bonchev–Trinajstić information content (AvgIpc) is 2.85. The molecular formula is C14H21N3O4S. The van der Waals surface area contributed by atoms with Gasteiger partial charge in [0.05, 0.1) is 5.75 Å². The second kappa shape index (κ2) is 6.20. The van der Waals surface area contributed by atoms with Crippen molar-refractivity contribution in [2.75, 3.05) is 12.3 Å². The predicted octanol–water partition coefficient (Wildman–Crippen LogP) is 1.65. The number of carbonyl (C=O) groups excluding carboxylic acids is 1. The Kier molecular flexibility index (Phi) is 4.69. The van der Waals surface area contributed by atoms with E-state index in [4.69, 9.17) is 4.74 Å². The molecule has 1 aliphatic rings. The summed E-state index contributed by atoms with van der Waals surface area (Å²) in [4.78, 5) is 21.2. The fourth-order valence-electron chi connectivity index (χ4n) is 2.34. The quantitative estimate of drug-likeness (QED) is 0.784. The minimum absolute atomic E-state index is 0.184. The number of nitrogens with zero attached hydrogens (tertiary/aromatic N) is 3. The van der Waals surface area contributed by atoms with Crippen LogP contribution in [0.4, 0.5) is 4.79 Å². The van der Waals surface area contributed by atoms with Crippen LogP contribution in [0.25, 0.3) is 0 Å². The lowest BCUT2D eigenvalue weighted by Gasteiger charge is -2.28. The third-order valence-electron chi connectivity index (χ3n) is 3.24. The summed E-state index contributed by atoms with van der Waals surface area (Å²) in [6.07, 6.45) is 3.69. The van der Waals surface area contributed by atoms with Gasteiger partial charge in [0.2, 0.25) is 15.0 Å². The highest BCUT2D eigenvalue weighted by atomic mass is 32.2. The number of rotatable bonds is 3. The minimum Gasteiger partial charge on any atom is -0.444 e. The number of aromatic nitrogens is 2. The summed E-state index contributed by atoms with van der Waals surface area (Å²) in [5, 5.41) is -0.203. The molecule has 1 amide bonds. The van der Waals surface area contributed by atoms with Crippen molar-refractivity contribution in [2.24, 2.45) is 0 Å². The molecule has 0 aromatic carbocycles. The van der Waals surface area contributed by atoms with Crippen LogP contribution in [0.2, 0.25) is 0 Å². The molecule has 1 aliphatic heterocycles. The summed E-state index contributed by atoms with van der Waals surface area (Å²) in [5.74, 6) is -0.184. The number of hydrogen-bond acceptors (Lipinski definition) is 6. The average molecular weight is 327 g/mol. The third-order valence-corrected chi connectivity index (χ3v) is 4.83. The fourth-order valence-corrected chi connectivity index (χ4v) is 3.79. The van der Waals surface area contributed by atoms with E-state index in [1.165, 1.54) is 17.3 Å². The van der Waals surface area contributed by atoms with Crippen molar-refractivity contribution in [3.8, 4) is 0 Å². The standard InChI is InChI=1S/C14H21N3O4S/c1-14(2,3)21-13(18)17-9-4-6-11(17)10-22(19,20)12-15-7-5-8-16-12/h5,7-8,11H,4,6,9-10H2,1-3H3/t11-/m1/s1. The number of ether oxygens (including phenoxy) is 1. The topological polar surface area (TPSA) is 89.5 Å². The Morgan fingerprint density at radius 2 is 2.00 bits per heavy atom. The van der Waals surface area contributed by atoms with E-state index in [1.54, 1.807) is 26.8 Å². The van der Waals surface area contributed by atoms with Crippen LogP contribution >= 0.6 is 0 Å². The Bertz CT molecular complexity index is 625. The molecule has 0 aliphatic carbocycles. The largest absolute Gasteiger partial charge is 0.444 e. The van der Waals surface area contributed by atoms with Gasteiger partial charge in [0, 0.05) is 25.0 Å². The number of amides is 1. The lowest BCUT2D eigenvalue weighted by atomic mass is 10.2. The molecule has 8 heteroatoms. The van der Waals surface area contributed by atoms with Crippen LogP contribution in [0.1, 0.15) is 33.6 Å². The Labute approximate surface area is 130 Å². The van der Waals surface area contributed by atoms with Crippen molar-refractivity contribution in [2.45, 2.75) is 50.4 Å². The summed E-state index contributed by atoms with van der Waals surface area (Å²) in [6, 6.07) is 1.16. The summed E-state index contributed by atoms with van der Waals surface area (Å²) in [6.45, 7) is 5.85. The first-order chi connectivity index (χ1) is 10.2. The van der Waals surface area contributed by atoms with Gasteiger partial charge in [-0.25, -0.2) is 23.2 Å². The number of carbonyl (C=O) groups is 1. The van der Waals surface area contributed by atoms with E-state index in [-0.39, 0.29) is 10.9 Å². The zero-order chi connectivity index (χ0) is 16.4. The van der Waals surface area contributed by atoms with Crippen LogP contribution in [0.3, 0.4) is 0 Å². The molecule has 0 radical (unpaired) electrons. The van der Waals surface area contributed by atoms with Gasteiger partial charge in [-0.2, -0.15) is 0 Å². The van der Waals surface area contributed by atoms with E-state index < -0.39 is 27.6 Å². The SMILES string of the molecule is CC(C)(C)OC(=O)N1CCC[C@@H]1CS(=O)(=O)c1ncccn1. The second-order valence-corrected chi connectivity index (χ2v) is 8.21. The van der Waals surface area contributed by atoms with Crippen molar-refractivity contribution in [1.29, 1.82) is 0 Å². The van der Waals surface area contributed by atoms with Crippen LogP contribution in [0.5, 0.6) is 0 Å². The summed E-state index contributed by atoms with van der Waals surface area (Å²) in [7, 11) is -3.63. The maximum atomic E-state index is 12.3. The molecule has 1 fully saturated rings. The number of hydrogen-bond donors (Lipinski definition) is 0. The molecule has 0 spiro atoms. The van der Waals surface area contributed by atoms with Crippen molar-refractivity contribution in [3.63, 3.8) is 0 Å². The van der Waals surface area contributed by atoms with E-state index in [0.717, 1.165) is 6.42 Å². The predicted molar refractivity (Wildman–Crippen MR) is 80.0 cm³/mol. The van der Waals surface area contributed by atoms with E-state index in [0.29, 0.717) is 13.0 Å². The van der Waals surface area contributed by atoms with Crippen molar-refractivity contribution in [1.82, 2.24) is 14.9 Å². The van der Waals surface area contributed by atoms with E-state index in [1.807, 2.05) is 0 Å². The highest BCUT2D eigenvalue weighted by Gasteiger charge is 2.36. The Morgan fingerprint density at radius 1 is 1.36 bits per heavy atom. The van der Waals surface area contributed by atoms with Crippen LogP contribution in [0.15, 0.2) is 23.6 Å². The Balaban J connectivity index is 2.10. The molecule has 2 heterocycles. The maximum absolute atomic E-state index is 12.3. The van der Waals surface area contributed by atoms with Gasteiger partial charge in [-0.05, 0) is 39.7 Å². The highest BCUT2D eigenvalue weighted by Crippen LogP contribution is 2.23. The highest BCUT2D eigenvalue weighted by molar-refractivity contribution is 7.91. The van der Waals surface area contributed by atoms with Crippen molar-refractivity contribution < 1.29 is 17.9 Å². The van der Waals surface area contributed by atoms with Crippen molar-refractivity contribution >= 4 is 15.9 Å². The van der Waals surface area contributed by atoms with Crippen LogP contribution < -0.4 is 0 Å². The first-order valence-electron chi connectivity index (χ1n) is 7.18. The molecule has 0 unspecified atom stereocenters. The molecule has 2 rings (SSSR count). The van der Waals surface area contributed by atoms with Gasteiger partial charge in [-0.15, -0.1) is 0 Å². The van der Waals surface area contributed by atoms with Crippen LogP contribution in [-0.4, -0.2) is 53.3 Å². The first kappa shape index (κ1) is 16.7. The molecule has 0 saturated carbocycles. The zero-order valence-corrected chi connectivity index (χ0v) is 13.8. The summed E-state index contributed by atoms with van der Waals surface area (Å²) >= 11 is 0. The number of likely N-dealkylation sites (tertiary alicyclic amines) is 1. The molecule has 1 aromatic rings. The van der Waals surface area contributed by atoms with Gasteiger partial charge in [0.1, 0.15) is 5.60 Å². The molecule has 0 N–H and O–H groups in total. The monoisotopic (exact) mass is 327 g/mol. The molecule has 7 nitrogen and oxygen atoms in total. The number of sulfone groups is 1. The molecular weight excluding hydrogens is 306 g/mol. The lowest BCUT2D eigenvalue weighted by Crippen LogP contribution is -2.42. The smallest absolute Gasteiger partial charge is 0.410 e. The summed E-state index contributed by atoms with van der Waals surface area (Å²) in [5.41, 5.74) is -0.606. The van der Waals surface area contributed by atoms with Crippen LogP contribution in [-0.2, 0) is 14.6 Å². The molecule has 122 valence electrons. The van der Waals surface area contributed by atoms with E-state index >= 15 is 0 Å². The molecule has 1 aromatic heterocycles. The van der Waals surface area contributed by atoms with Gasteiger partial charge in [-0.3, -0.25) is 0 Å². The van der Waals surface area contributed by atoms with E-state index in [2.05, 4.69) is 9.97 Å². The zero-order valence-electron chi connectivity index (χ0n) is 13.0. The third kappa shape index (κ3) is 4.16. The summed E-state index contributed by atoms with van der Waals surface area (Å²) < 4.78 is 30.0. The van der Waals surface area contributed by atoms with Crippen LogP contribution in [0, 0.1) is 0 Å². The van der Waals surface area contributed by atoms with Gasteiger partial charge < -0.3 is 9.64 Å². The van der Waals surface area contributed by atoms with Gasteiger partial charge >= 0.3 is 6.09 Å². The first-order valence-corrected chi connectivity index (χ1v) is 8.84. The van der Waals surface area contributed by atoms with Gasteiger partial charge in [0.25, 0.3) is 0 Å². The molecule has 22 heavy (non-hydrogen) atoms. The normalized spacial score (nSPS) is 19.2. The minimum atomic E-state index is -3.63. The van der Waals surface area contributed by atoms with Gasteiger partial charge in [0.15, 0.2) is 0 Å². The molecule has 1 saturated heterocycles. The Morgan fingerprint density at radius 3 is 2.59 bits per heavy atom. The van der Waals surface area contributed by atoms with E-state index in [9.17, 15) is 13.2 Å². The maximum Gasteiger partial charge on any atom is 0.410 e. The van der Waals surface area contributed by atoms with Gasteiger partial charge in [-0.1, -0.05) is 0 Å². The lowest BCUT2D eigenvalue weighted by molar-refractivity contribution is 0.0241. The molecule has 1 atom stereocenters. The fraction of sp³-hybridized carbons (Fsp3) is 0.643.